The monoisotopic (exact) mass is 335 g/mol. The third kappa shape index (κ3) is 4.47. The van der Waals surface area contributed by atoms with E-state index in [1.807, 2.05) is 20.8 Å². The van der Waals surface area contributed by atoms with E-state index in [0.717, 1.165) is 5.56 Å². The number of piperidine rings is 1. The van der Waals surface area contributed by atoms with Gasteiger partial charge in [0.25, 0.3) is 0 Å². The minimum atomic E-state index is -0.551. The molecule has 1 N–H and O–H groups in total. The van der Waals surface area contributed by atoms with Crippen LogP contribution in [0.4, 0.5) is 4.79 Å². The second-order valence-corrected chi connectivity index (χ2v) is 7.00. The van der Waals surface area contributed by atoms with Crippen LogP contribution < -0.4 is 0 Å². The first-order valence-corrected chi connectivity index (χ1v) is 8.05. The van der Waals surface area contributed by atoms with Crippen LogP contribution >= 0.6 is 0 Å². The van der Waals surface area contributed by atoms with Crippen LogP contribution in [0.25, 0.3) is 0 Å². The molecule has 1 fully saturated rings. The Hall–Kier alpha value is -2.08. The van der Waals surface area contributed by atoms with Gasteiger partial charge in [0.2, 0.25) is 0 Å². The maximum atomic E-state index is 12.2. The van der Waals surface area contributed by atoms with Crippen LogP contribution in [0.15, 0.2) is 24.3 Å². The van der Waals surface area contributed by atoms with Crippen LogP contribution in [0.3, 0.4) is 0 Å². The maximum absolute atomic E-state index is 12.2. The van der Waals surface area contributed by atoms with Crippen LogP contribution in [-0.2, 0) is 9.47 Å². The highest BCUT2D eigenvalue weighted by atomic mass is 16.6. The molecule has 1 heterocycles. The lowest BCUT2D eigenvalue weighted by Crippen LogP contribution is -2.46. The lowest BCUT2D eigenvalue weighted by Gasteiger charge is -2.37. The number of hydrogen-bond donors (Lipinski definition) is 1. The summed E-state index contributed by atoms with van der Waals surface area (Å²) in [6, 6.07) is 6.91. The van der Waals surface area contributed by atoms with Crippen LogP contribution in [0, 0.1) is 0 Å². The number of carbonyl (C=O) groups is 2. The Balaban J connectivity index is 2.11. The average Bonchev–Trinajstić information content (AvgIpc) is 2.53. The minimum Gasteiger partial charge on any atom is -0.465 e. The predicted molar refractivity (Wildman–Crippen MR) is 89.0 cm³/mol. The Morgan fingerprint density at radius 3 is 2.38 bits per heavy atom. The number of amides is 1. The van der Waals surface area contributed by atoms with Crippen molar-refractivity contribution in [3.05, 3.63) is 35.4 Å². The smallest absolute Gasteiger partial charge is 0.410 e. The van der Waals surface area contributed by atoms with Gasteiger partial charge in [0.15, 0.2) is 0 Å². The van der Waals surface area contributed by atoms with Crippen molar-refractivity contribution in [2.24, 2.45) is 0 Å². The molecule has 0 saturated carbocycles. The Kier molecular flexibility index (Phi) is 5.49. The van der Waals surface area contributed by atoms with Gasteiger partial charge in [-0.3, -0.25) is 0 Å². The van der Waals surface area contributed by atoms with Crippen LogP contribution in [0.1, 0.15) is 49.0 Å². The van der Waals surface area contributed by atoms with Gasteiger partial charge in [-0.25, -0.2) is 9.59 Å². The van der Waals surface area contributed by atoms with Gasteiger partial charge in [-0.05, 0) is 44.9 Å². The Bertz CT molecular complexity index is 590. The molecular formula is C18H25NO5. The summed E-state index contributed by atoms with van der Waals surface area (Å²) in [5.74, 6) is -0.612. The van der Waals surface area contributed by atoms with E-state index in [-0.39, 0.29) is 12.0 Å². The van der Waals surface area contributed by atoms with E-state index in [1.165, 1.54) is 7.11 Å². The molecule has 0 spiro atoms. The number of benzene rings is 1. The van der Waals surface area contributed by atoms with Crippen molar-refractivity contribution in [2.75, 3.05) is 20.2 Å². The molecule has 1 aliphatic heterocycles. The van der Waals surface area contributed by atoms with Crippen LogP contribution in [0.5, 0.6) is 0 Å². The van der Waals surface area contributed by atoms with Gasteiger partial charge in [-0.15, -0.1) is 0 Å². The molecule has 2 unspecified atom stereocenters. The Labute approximate surface area is 142 Å². The molecule has 1 amide bonds. The quantitative estimate of drug-likeness (QED) is 0.841. The molecule has 2 atom stereocenters. The SMILES string of the molecule is COC(=O)c1ccc(C2CN(C(=O)OC(C)(C)C)CCC2O)cc1. The molecule has 1 aromatic carbocycles. The number of carbonyl (C=O) groups excluding carboxylic acids is 2. The Morgan fingerprint density at radius 2 is 1.83 bits per heavy atom. The third-order valence-electron chi connectivity index (χ3n) is 3.99. The van der Waals surface area contributed by atoms with Gasteiger partial charge >= 0.3 is 12.1 Å². The fraction of sp³-hybridized carbons (Fsp3) is 0.556. The predicted octanol–water partition coefficient (Wildman–Crippen LogP) is 2.56. The van der Waals surface area contributed by atoms with Crippen LogP contribution in [-0.4, -0.2) is 54.0 Å². The minimum absolute atomic E-state index is 0.210. The summed E-state index contributed by atoms with van der Waals surface area (Å²) >= 11 is 0. The first-order chi connectivity index (χ1) is 11.2. The van der Waals surface area contributed by atoms with Gasteiger partial charge < -0.3 is 19.5 Å². The summed E-state index contributed by atoms with van der Waals surface area (Å²) in [4.78, 5) is 25.4. The van der Waals surface area contributed by atoms with Gasteiger partial charge in [0.1, 0.15) is 5.60 Å². The molecule has 1 aromatic rings. The molecule has 0 bridgehead atoms. The molecule has 6 heteroatoms. The number of likely N-dealkylation sites (tertiary alicyclic amines) is 1. The number of rotatable bonds is 2. The number of hydrogen-bond acceptors (Lipinski definition) is 5. The number of methoxy groups -OCH3 is 1. The number of aliphatic hydroxyl groups is 1. The van der Waals surface area contributed by atoms with Gasteiger partial charge in [0, 0.05) is 19.0 Å². The molecule has 132 valence electrons. The summed E-state index contributed by atoms with van der Waals surface area (Å²) in [5, 5.41) is 10.3. The van der Waals surface area contributed by atoms with E-state index >= 15 is 0 Å². The molecule has 2 rings (SSSR count). The number of aliphatic hydroxyl groups excluding tert-OH is 1. The summed E-state index contributed by atoms with van der Waals surface area (Å²) in [5.41, 5.74) is 0.782. The summed E-state index contributed by atoms with van der Waals surface area (Å²) in [6.07, 6.45) is -0.416. The van der Waals surface area contributed by atoms with Crippen molar-refractivity contribution < 1.29 is 24.2 Å². The van der Waals surface area contributed by atoms with Crippen molar-refractivity contribution in [2.45, 2.75) is 44.8 Å². The largest absolute Gasteiger partial charge is 0.465 e. The molecule has 0 aliphatic carbocycles. The first-order valence-electron chi connectivity index (χ1n) is 8.05. The lowest BCUT2D eigenvalue weighted by molar-refractivity contribution is 0.00407. The highest BCUT2D eigenvalue weighted by molar-refractivity contribution is 5.89. The van der Waals surface area contributed by atoms with Crippen molar-refractivity contribution >= 4 is 12.1 Å². The maximum Gasteiger partial charge on any atom is 0.410 e. The first kappa shape index (κ1) is 18.3. The standard InChI is InChI=1S/C18H25NO5/c1-18(2,3)24-17(22)19-10-9-15(20)14(11-19)12-5-7-13(8-6-12)16(21)23-4/h5-8,14-15,20H,9-11H2,1-4H3. The highest BCUT2D eigenvalue weighted by Gasteiger charge is 2.33. The van der Waals surface area contributed by atoms with E-state index in [4.69, 9.17) is 4.74 Å². The molecule has 1 saturated heterocycles. The van der Waals surface area contributed by atoms with Crippen LogP contribution in [0.2, 0.25) is 0 Å². The van der Waals surface area contributed by atoms with E-state index < -0.39 is 17.7 Å². The summed E-state index contributed by atoms with van der Waals surface area (Å²) < 4.78 is 10.1. The molecule has 0 aromatic heterocycles. The molecule has 6 nitrogen and oxygen atoms in total. The second-order valence-electron chi connectivity index (χ2n) is 7.00. The van der Waals surface area contributed by atoms with Crippen molar-refractivity contribution in [3.8, 4) is 0 Å². The summed E-state index contributed by atoms with van der Waals surface area (Å²) in [6.45, 7) is 6.33. The fourth-order valence-electron chi connectivity index (χ4n) is 2.74. The van der Waals surface area contributed by atoms with Crippen molar-refractivity contribution in [1.82, 2.24) is 4.90 Å². The molecule has 1 aliphatic rings. The van der Waals surface area contributed by atoms with E-state index in [1.54, 1.807) is 29.2 Å². The van der Waals surface area contributed by atoms with E-state index in [0.29, 0.717) is 25.1 Å². The van der Waals surface area contributed by atoms with Gasteiger partial charge in [-0.2, -0.15) is 0 Å². The summed E-state index contributed by atoms with van der Waals surface area (Å²) in [7, 11) is 1.33. The van der Waals surface area contributed by atoms with E-state index in [9.17, 15) is 14.7 Å². The normalized spacial score (nSPS) is 21.3. The topological polar surface area (TPSA) is 76.1 Å². The average molecular weight is 335 g/mol. The number of esters is 1. The zero-order valence-corrected chi connectivity index (χ0v) is 14.6. The van der Waals surface area contributed by atoms with Gasteiger partial charge in [0.05, 0.1) is 18.8 Å². The van der Waals surface area contributed by atoms with Gasteiger partial charge in [-0.1, -0.05) is 12.1 Å². The molecule has 0 radical (unpaired) electrons. The third-order valence-corrected chi connectivity index (χ3v) is 3.99. The molecule has 24 heavy (non-hydrogen) atoms. The molecular weight excluding hydrogens is 310 g/mol. The van der Waals surface area contributed by atoms with Crippen molar-refractivity contribution in [3.63, 3.8) is 0 Å². The second kappa shape index (κ2) is 7.21. The number of nitrogens with zero attached hydrogens (tertiary/aromatic N) is 1. The van der Waals surface area contributed by atoms with E-state index in [2.05, 4.69) is 4.74 Å². The van der Waals surface area contributed by atoms with Crippen molar-refractivity contribution in [1.29, 1.82) is 0 Å². The number of ether oxygens (including phenoxy) is 2. The fourth-order valence-corrected chi connectivity index (χ4v) is 2.74. The zero-order valence-electron chi connectivity index (χ0n) is 14.6. The lowest BCUT2D eigenvalue weighted by atomic mass is 9.88. The zero-order chi connectivity index (χ0) is 17.9. The Morgan fingerprint density at radius 1 is 1.21 bits per heavy atom. The highest BCUT2D eigenvalue weighted by Crippen LogP contribution is 2.28.